The van der Waals surface area contributed by atoms with Crippen LogP contribution in [0.5, 0.6) is 0 Å². The first-order valence-electron chi connectivity index (χ1n) is 10.1. The molecule has 1 saturated heterocycles. The van der Waals surface area contributed by atoms with E-state index in [-0.39, 0.29) is 17.7 Å². The molecule has 1 aliphatic rings. The van der Waals surface area contributed by atoms with Gasteiger partial charge in [0.2, 0.25) is 5.91 Å². The first kappa shape index (κ1) is 19.8. The molecule has 0 spiro atoms. The third-order valence-electron chi connectivity index (χ3n) is 5.54. The number of hydrogen-bond acceptors (Lipinski definition) is 5. The number of primary amides is 1. The molecule has 7 nitrogen and oxygen atoms in total. The van der Waals surface area contributed by atoms with Crippen molar-refractivity contribution in [2.75, 3.05) is 25.0 Å². The number of fused-ring (bicyclic) bond motifs is 1. The van der Waals surface area contributed by atoms with Crippen LogP contribution in [0.15, 0.2) is 54.7 Å². The lowest BCUT2D eigenvalue weighted by Gasteiger charge is -2.32. The van der Waals surface area contributed by atoms with Gasteiger partial charge in [0.15, 0.2) is 0 Å². The third-order valence-corrected chi connectivity index (χ3v) is 5.54. The lowest BCUT2D eigenvalue weighted by atomic mass is 9.97. The standard InChI is InChI=1S/C23H25N5O2/c1-27(15-19-10-8-16-5-2-3-7-20(16)26-19)23(30)17-9-11-21(25-13-17)28-12-4-6-18(14-28)22(24)29/h2-3,5,7-11,13,18H,4,6,12,14-15H2,1H3,(H2,24,29). The van der Waals surface area contributed by atoms with E-state index < -0.39 is 0 Å². The van der Waals surface area contributed by atoms with E-state index >= 15 is 0 Å². The van der Waals surface area contributed by atoms with E-state index in [1.807, 2.05) is 42.5 Å². The number of anilines is 1. The summed E-state index contributed by atoms with van der Waals surface area (Å²) >= 11 is 0. The topological polar surface area (TPSA) is 92.4 Å². The number of benzene rings is 1. The molecule has 2 amide bonds. The fourth-order valence-electron chi connectivity index (χ4n) is 3.85. The van der Waals surface area contributed by atoms with Crippen LogP contribution in [0.25, 0.3) is 10.9 Å². The minimum Gasteiger partial charge on any atom is -0.369 e. The number of nitrogens with two attached hydrogens (primary N) is 1. The minimum atomic E-state index is -0.268. The maximum atomic E-state index is 12.8. The molecule has 3 aromatic rings. The second-order valence-electron chi connectivity index (χ2n) is 7.75. The molecule has 1 atom stereocenters. The lowest BCUT2D eigenvalue weighted by Crippen LogP contribution is -2.41. The molecule has 1 aliphatic heterocycles. The van der Waals surface area contributed by atoms with E-state index in [1.165, 1.54) is 0 Å². The van der Waals surface area contributed by atoms with Crippen LogP contribution in [0.4, 0.5) is 5.82 Å². The predicted molar refractivity (Wildman–Crippen MR) is 116 cm³/mol. The van der Waals surface area contributed by atoms with E-state index in [1.54, 1.807) is 24.2 Å². The van der Waals surface area contributed by atoms with Gasteiger partial charge in [-0.05, 0) is 37.1 Å². The highest BCUT2D eigenvalue weighted by molar-refractivity contribution is 5.94. The molecule has 0 aliphatic carbocycles. The number of rotatable bonds is 5. The smallest absolute Gasteiger partial charge is 0.255 e. The Balaban J connectivity index is 1.43. The molecule has 1 aromatic carbocycles. The number of aromatic nitrogens is 2. The molecule has 154 valence electrons. The van der Waals surface area contributed by atoms with Gasteiger partial charge in [-0.25, -0.2) is 4.98 Å². The van der Waals surface area contributed by atoms with Gasteiger partial charge in [-0.3, -0.25) is 14.6 Å². The molecule has 2 aromatic heterocycles. The summed E-state index contributed by atoms with van der Waals surface area (Å²) in [7, 11) is 1.76. The Labute approximate surface area is 175 Å². The molecule has 0 radical (unpaired) electrons. The summed E-state index contributed by atoms with van der Waals surface area (Å²) in [5.74, 6) is 0.229. The largest absolute Gasteiger partial charge is 0.369 e. The fourth-order valence-corrected chi connectivity index (χ4v) is 3.85. The second-order valence-corrected chi connectivity index (χ2v) is 7.75. The zero-order valence-electron chi connectivity index (χ0n) is 17.0. The Kier molecular flexibility index (Phi) is 5.61. The Hall–Kier alpha value is -3.48. The van der Waals surface area contributed by atoms with Gasteiger partial charge in [0.25, 0.3) is 5.91 Å². The summed E-state index contributed by atoms with van der Waals surface area (Å²) in [6.07, 6.45) is 3.31. The molecule has 4 rings (SSSR count). The average molecular weight is 403 g/mol. The third kappa shape index (κ3) is 4.25. The minimum absolute atomic E-state index is 0.113. The lowest BCUT2D eigenvalue weighted by molar-refractivity contribution is -0.122. The molecule has 3 heterocycles. The van der Waals surface area contributed by atoms with Crippen LogP contribution in [-0.2, 0) is 11.3 Å². The van der Waals surface area contributed by atoms with Crippen LogP contribution in [-0.4, -0.2) is 46.8 Å². The Morgan fingerprint density at radius 3 is 2.77 bits per heavy atom. The van der Waals surface area contributed by atoms with Gasteiger partial charge >= 0.3 is 0 Å². The molecular weight excluding hydrogens is 378 g/mol. The fraction of sp³-hybridized carbons (Fsp3) is 0.304. The average Bonchev–Trinajstić information content (AvgIpc) is 2.78. The highest BCUT2D eigenvalue weighted by Crippen LogP contribution is 2.22. The molecule has 0 bridgehead atoms. The van der Waals surface area contributed by atoms with Gasteiger partial charge in [0.05, 0.1) is 29.2 Å². The molecule has 0 saturated carbocycles. The van der Waals surface area contributed by atoms with Crippen molar-refractivity contribution in [3.05, 3.63) is 66.0 Å². The number of nitrogens with zero attached hydrogens (tertiary/aromatic N) is 4. The number of hydrogen-bond donors (Lipinski definition) is 1. The first-order chi connectivity index (χ1) is 14.5. The van der Waals surface area contributed by atoms with Crippen molar-refractivity contribution in [3.63, 3.8) is 0 Å². The maximum Gasteiger partial charge on any atom is 0.255 e. The monoisotopic (exact) mass is 403 g/mol. The summed E-state index contributed by atoms with van der Waals surface area (Å²) in [4.78, 5) is 37.1. The van der Waals surface area contributed by atoms with Crippen LogP contribution >= 0.6 is 0 Å². The Morgan fingerprint density at radius 1 is 1.17 bits per heavy atom. The van der Waals surface area contributed by atoms with Gasteiger partial charge in [-0.1, -0.05) is 24.3 Å². The molecule has 1 unspecified atom stereocenters. The molecule has 2 N–H and O–H groups in total. The van der Waals surface area contributed by atoms with Gasteiger partial charge in [-0.15, -0.1) is 0 Å². The van der Waals surface area contributed by atoms with Gasteiger partial charge in [0, 0.05) is 31.7 Å². The summed E-state index contributed by atoms with van der Waals surface area (Å²) < 4.78 is 0. The van der Waals surface area contributed by atoms with E-state index in [2.05, 4.69) is 14.9 Å². The van der Waals surface area contributed by atoms with Crippen molar-refractivity contribution in [2.24, 2.45) is 11.7 Å². The Bertz CT molecular complexity index is 1070. The van der Waals surface area contributed by atoms with Crippen LogP contribution in [0.1, 0.15) is 28.9 Å². The van der Waals surface area contributed by atoms with E-state index in [0.29, 0.717) is 18.7 Å². The van der Waals surface area contributed by atoms with Crippen LogP contribution in [0.2, 0.25) is 0 Å². The molecule has 1 fully saturated rings. The second kappa shape index (κ2) is 8.49. The van der Waals surface area contributed by atoms with Crippen molar-refractivity contribution in [2.45, 2.75) is 19.4 Å². The summed E-state index contributed by atoms with van der Waals surface area (Å²) in [5, 5.41) is 1.08. The van der Waals surface area contributed by atoms with Crippen LogP contribution in [0, 0.1) is 5.92 Å². The van der Waals surface area contributed by atoms with Crippen molar-refractivity contribution in [1.29, 1.82) is 0 Å². The van der Waals surface area contributed by atoms with Crippen molar-refractivity contribution in [3.8, 4) is 0 Å². The van der Waals surface area contributed by atoms with Crippen LogP contribution in [0.3, 0.4) is 0 Å². The zero-order chi connectivity index (χ0) is 21.1. The van der Waals surface area contributed by atoms with E-state index in [4.69, 9.17) is 5.73 Å². The van der Waals surface area contributed by atoms with Crippen LogP contribution < -0.4 is 10.6 Å². The van der Waals surface area contributed by atoms with Gasteiger partial charge < -0.3 is 15.5 Å². The Morgan fingerprint density at radius 2 is 2.00 bits per heavy atom. The summed E-state index contributed by atoms with van der Waals surface area (Å²) in [5.41, 5.74) is 7.72. The van der Waals surface area contributed by atoms with Crippen molar-refractivity contribution >= 4 is 28.5 Å². The van der Waals surface area contributed by atoms with Gasteiger partial charge in [-0.2, -0.15) is 0 Å². The highest BCUT2D eigenvalue weighted by Gasteiger charge is 2.25. The quantitative estimate of drug-likeness (QED) is 0.707. The highest BCUT2D eigenvalue weighted by atomic mass is 16.2. The predicted octanol–water partition coefficient (Wildman–Crippen LogP) is 2.60. The first-order valence-corrected chi connectivity index (χ1v) is 10.1. The summed E-state index contributed by atoms with van der Waals surface area (Å²) in [6, 6.07) is 15.5. The molecular formula is C23H25N5O2. The molecule has 30 heavy (non-hydrogen) atoms. The number of carbonyl (C=O) groups is 2. The summed E-state index contributed by atoms with van der Waals surface area (Å²) in [6.45, 7) is 1.82. The number of para-hydroxylation sites is 1. The van der Waals surface area contributed by atoms with Crippen molar-refractivity contribution < 1.29 is 9.59 Å². The van der Waals surface area contributed by atoms with E-state index in [9.17, 15) is 9.59 Å². The number of pyridine rings is 2. The maximum absolute atomic E-state index is 12.8. The van der Waals surface area contributed by atoms with E-state index in [0.717, 1.165) is 41.8 Å². The SMILES string of the molecule is CN(Cc1ccc2ccccc2n1)C(=O)c1ccc(N2CCCC(C(N)=O)C2)nc1. The normalized spacial score (nSPS) is 16.4. The van der Waals surface area contributed by atoms with Gasteiger partial charge in [0.1, 0.15) is 5.82 Å². The molecule has 7 heteroatoms. The number of carbonyl (C=O) groups excluding carboxylic acids is 2. The van der Waals surface area contributed by atoms with Crippen molar-refractivity contribution in [1.82, 2.24) is 14.9 Å². The number of amides is 2. The number of piperidine rings is 1. The zero-order valence-corrected chi connectivity index (χ0v) is 17.0.